The maximum Gasteiger partial charge on any atom is 0.0705 e. The maximum atomic E-state index is 6.27. The highest BCUT2D eigenvalue weighted by Gasteiger charge is 2.25. The predicted octanol–water partition coefficient (Wildman–Crippen LogP) is 3.46. The molecule has 0 amide bonds. The molecule has 3 heteroatoms. The molecule has 2 N–H and O–H groups in total. The molecular weight excluding hydrogens is 232 g/mol. The van der Waals surface area contributed by atoms with Crippen molar-refractivity contribution >= 4 is 23.3 Å². The summed E-state index contributed by atoms with van der Waals surface area (Å²) in [5.41, 5.74) is 8.57. The average Bonchev–Trinajstić information content (AvgIpc) is 3.12. The first-order valence-electron chi connectivity index (χ1n) is 5.94. The van der Waals surface area contributed by atoms with E-state index >= 15 is 0 Å². The van der Waals surface area contributed by atoms with Crippen LogP contribution in [0.5, 0.6) is 0 Å². The van der Waals surface area contributed by atoms with Crippen LogP contribution in [0.4, 0.5) is 0 Å². The van der Waals surface area contributed by atoms with Crippen molar-refractivity contribution in [2.75, 3.05) is 0 Å². The van der Waals surface area contributed by atoms with Crippen LogP contribution < -0.4 is 5.73 Å². The number of hydrogen-bond donors (Lipinski definition) is 1. The third kappa shape index (κ3) is 2.59. The highest BCUT2D eigenvalue weighted by atomic mass is 35.5. The molecule has 1 fully saturated rings. The van der Waals surface area contributed by atoms with E-state index in [0.717, 1.165) is 17.9 Å². The number of aromatic nitrogens is 1. The van der Waals surface area contributed by atoms with Gasteiger partial charge in [-0.2, -0.15) is 0 Å². The van der Waals surface area contributed by atoms with Gasteiger partial charge in [-0.3, -0.25) is 4.98 Å². The fraction of sp³-hybridized carbons (Fsp3) is 0.357. The number of rotatable bonds is 3. The number of benzene rings is 1. The zero-order chi connectivity index (χ0) is 11.0. The molecule has 0 unspecified atom stereocenters. The lowest BCUT2D eigenvalue weighted by molar-refractivity contribution is 0.600. The van der Waals surface area contributed by atoms with Gasteiger partial charge in [0, 0.05) is 17.6 Å². The summed E-state index contributed by atoms with van der Waals surface area (Å²) < 4.78 is 0. The Morgan fingerprint density at radius 2 is 2.00 bits per heavy atom. The van der Waals surface area contributed by atoms with Crippen molar-refractivity contribution in [2.24, 2.45) is 11.7 Å². The fourth-order valence-electron chi connectivity index (χ4n) is 2.28. The number of nitrogens with zero attached hydrogens (tertiary/aromatic N) is 1. The molecule has 0 bridgehead atoms. The van der Waals surface area contributed by atoms with Crippen LogP contribution in [0.3, 0.4) is 0 Å². The lowest BCUT2D eigenvalue weighted by atomic mass is 9.98. The van der Waals surface area contributed by atoms with E-state index in [1.54, 1.807) is 0 Å². The first-order chi connectivity index (χ1) is 7.84. The Balaban J connectivity index is 0.00000108. The van der Waals surface area contributed by atoms with Crippen molar-refractivity contribution in [3.8, 4) is 0 Å². The molecule has 1 atom stereocenters. The molecule has 1 aliphatic rings. The lowest BCUT2D eigenvalue weighted by Gasteiger charge is -2.13. The highest BCUT2D eigenvalue weighted by Crippen LogP contribution is 2.37. The van der Waals surface area contributed by atoms with Gasteiger partial charge >= 0.3 is 0 Å². The Kier molecular flexibility index (Phi) is 3.65. The molecule has 3 rings (SSSR count). The number of fused-ring (bicyclic) bond motifs is 1. The summed E-state index contributed by atoms with van der Waals surface area (Å²) in [5.74, 6) is 0.863. The SMILES string of the molecule is Cl.N[C@H](CC1CC1)c1ccnc2ccccc12. The summed E-state index contributed by atoms with van der Waals surface area (Å²) in [4.78, 5) is 4.36. The summed E-state index contributed by atoms with van der Waals surface area (Å²) in [6.45, 7) is 0. The van der Waals surface area contributed by atoms with Crippen molar-refractivity contribution in [2.45, 2.75) is 25.3 Å². The summed E-state index contributed by atoms with van der Waals surface area (Å²) in [6.07, 6.45) is 5.70. The Labute approximate surface area is 108 Å². The van der Waals surface area contributed by atoms with Crippen molar-refractivity contribution in [1.82, 2.24) is 4.98 Å². The van der Waals surface area contributed by atoms with E-state index in [0.29, 0.717) is 0 Å². The summed E-state index contributed by atoms with van der Waals surface area (Å²) >= 11 is 0. The molecule has 0 radical (unpaired) electrons. The number of halogens is 1. The average molecular weight is 249 g/mol. The van der Waals surface area contributed by atoms with E-state index in [2.05, 4.69) is 23.2 Å². The number of hydrogen-bond acceptors (Lipinski definition) is 2. The van der Waals surface area contributed by atoms with Crippen LogP contribution in [-0.4, -0.2) is 4.98 Å². The van der Waals surface area contributed by atoms with Gasteiger partial charge in [-0.15, -0.1) is 12.4 Å². The molecule has 1 saturated carbocycles. The third-order valence-electron chi connectivity index (χ3n) is 3.37. The van der Waals surface area contributed by atoms with E-state index in [1.165, 1.54) is 23.8 Å². The van der Waals surface area contributed by atoms with Crippen LogP contribution >= 0.6 is 12.4 Å². The van der Waals surface area contributed by atoms with Gasteiger partial charge in [0.05, 0.1) is 5.52 Å². The Morgan fingerprint density at radius 3 is 2.76 bits per heavy atom. The van der Waals surface area contributed by atoms with Gasteiger partial charge in [-0.25, -0.2) is 0 Å². The van der Waals surface area contributed by atoms with Gasteiger partial charge in [0.15, 0.2) is 0 Å². The largest absolute Gasteiger partial charge is 0.324 e. The summed E-state index contributed by atoms with van der Waals surface area (Å²) in [5, 5.41) is 1.21. The smallest absolute Gasteiger partial charge is 0.0705 e. The molecule has 0 saturated heterocycles. The highest BCUT2D eigenvalue weighted by molar-refractivity contribution is 5.85. The molecule has 90 valence electrons. The molecule has 1 aliphatic carbocycles. The van der Waals surface area contributed by atoms with Crippen LogP contribution in [0.2, 0.25) is 0 Å². The molecule has 2 nitrogen and oxygen atoms in total. The number of nitrogens with two attached hydrogens (primary N) is 1. The minimum atomic E-state index is 0. The second kappa shape index (κ2) is 5.03. The third-order valence-corrected chi connectivity index (χ3v) is 3.37. The zero-order valence-electron chi connectivity index (χ0n) is 9.67. The molecule has 0 aliphatic heterocycles. The van der Waals surface area contributed by atoms with Crippen molar-refractivity contribution in [3.63, 3.8) is 0 Å². The van der Waals surface area contributed by atoms with Crippen LogP contribution in [0, 0.1) is 5.92 Å². The quantitative estimate of drug-likeness (QED) is 0.904. The summed E-state index contributed by atoms with van der Waals surface area (Å²) in [6, 6.07) is 10.5. The minimum absolute atomic E-state index is 0. The minimum Gasteiger partial charge on any atom is -0.324 e. The normalized spacial score (nSPS) is 16.5. The molecule has 17 heavy (non-hydrogen) atoms. The molecule has 1 aromatic carbocycles. The molecule has 1 heterocycles. The van der Waals surface area contributed by atoms with Crippen LogP contribution in [0.25, 0.3) is 10.9 Å². The van der Waals surface area contributed by atoms with Crippen LogP contribution in [-0.2, 0) is 0 Å². The van der Waals surface area contributed by atoms with E-state index in [1.807, 2.05) is 18.3 Å². The topological polar surface area (TPSA) is 38.9 Å². The lowest BCUT2D eigenvalue weighted by Crippen LogP contribution is -2.11. The Bertz CT molecular complexity index is 503. The number of para-hydroxylation sites is 1. The Hall–Kier alpha value is -1.12. The van der Waals surface area contributed by atoms with E-state index in [-0.39, 0.29) is 18.4 Å². The first kappa shape index (κ1) is 12.3. The van der Waals surface area contributed by atoms with Gasteiger partial charge < -0.3 is 5.73 Å². The van der Waals surface area contributed by atoms with Gasteiger partial charge in [0.2, 0.25) is 0 Å². The van der Waals surface area contributed by atoms with Crippen LogP contribution in [0.1, 0.15) is 30.9 Å². The standard InChI is InChI=1S/C14H16N2.ClH/c15-13(9-10-5-6-10)11-7-8-16-14-4-2-1-3-12(11)14;/h1-4,7-8,10,13H,5-6,9,15H2;1H/t13-;/m1./s1. The second-order valence-electron chi connectivity index (χ2n) is 4.70. The number of pyridine rings is 1. The van der Waals surface area contributed by atoms with Gasteiger partial charge in [-0.05, 0) is 30.0 Å². The van der Waals surface area contributed by atoms with Crippen molar-refractivity contribution < 1.29 is 0 Å². The van der Waals surface area contributed by atoms with E-state index in [9.17, 15) is 0 Å². The first-order valence-corrected chi connectivity index (χ1v) is 5.94. The summed E-state index contributed by atoms with van der Waals surface area (Å²) in [7, 11) is 0. The maximum absolute atomic E-state index is 6.27. The molecule has 0 spiro atoms. The molecule has 2 aromatic rings. The van der Waals surface area contributed by atoms with Crippen LogP contribution in [0.15, 0.2) is 36.5 Å². The monoisotopic (exact) mass is 248 g/mol. The molecule has 1 aromatic heterocycles. The van der Waals surface area contributed by atoms with E-state index in [4.69, 9.17) is 5.73 Å². The second-order valence-corrected chi connectivity index (χ2v) is 4.70. The zero-order valence-corrected chi connectivity index (χ0v) is 10.5. The van der Waals surface area contributed by atoms with Gasteiger partial charge in [-0.1, -0.05) is 31.0 Å². The van der Waals surface area contributed by atoms with Crippen molar-refractivity contribution in [1.29, 1.82) is 0 Å². The van der Waals surface area contributed by atoms with Gasteiger partial charge in [0.1, 0.15) is 0 Å². The Morgan fingerprint density at radius 1 is 1.24 bits per heavy atom. The molecular formula is C14H17ClN2. The van der Waals surface area contributed by atoms with Gasteiger partial charge in [0.25, 0.3) is 0 Å². The fourth-order valence-corrected chi connectivity index (χ4v) is 2.28. The van der Waals surface area contributed by atoms with E-state index < -0.39 is 0 Å². The predicted molar refractivity (Wildman–Crippen MR) is 73.3 cm³/mol. The van der Waals surface area contributed by atoms with Crippen molar-refractivity contribution in [3.05, 3.63) is 42.1 Å².